The highest BCUT2D eigenvalue weighted by atomic mass is 32.2. The molecule has 8 nitrogen and oxygen atoms in total. The Morgan fingerprint density at radius 2 is 1.77 bits per heavy atom. The number of halogens is 1. The van der Waals surface area contributed by atoms with E-state index in [1.54, 1.807) is 12.1 Å². The molecule has 0 spiro atoms. The molecule has 10 heteroatoms. The molecule has 1 aliphatic rings. The molecular formula is C20H23FN2O6S. The van der Waals surface area contributed by atoms with E-state index in [0.717, 1.165) is 0 Å². The summed E-state index contributed by atoms with van der Waals surface area (Å²) in [5.74, 6) is -0.354. The standard InChI is InChI=1S/C20H23FN2O6S/c21-18-3-1-2-4-19(18)28-12-9-22-20(24)15-29-16-5-7-17(8-6-16)30(25,26)23-10-13-27-14-11-23/h1-8H,9-15H2,(H,22,24). The molecule has 1 aliphatic heterocycles. The molecule has 0 aliphatic carbocycles. The second-order valence-corrected chi connectivity index (χ2v) is 8.34. The van der Waals surface area contributed by atoms with Gasteiger partial charge < -0.3 is 19.5 Å². The maximum Gasteiger partial charge on any atom is 0.258 e. The molecule has 1 fully saturated rings. The summed E-state index contributed by atoms with van der Waals surface area (Å²) in [6.07, 6.45) is 0. The maximum atomic E-state index is 13.4. The van der Waals surface area contributed by atoms with Crippen LogP contribution in [0.4, 0.5) is 4.39 Å². The van der Waals surface area contributed by atoms with Crippen molar-refractivity contribution < 1.29 is 31.8 Å². The highest BCUT2D eigenvalue weighted by Crippen LogP contribution is 2.20. The van der Waals surface area contributed by atoms with Crippen molar-refractivity contribution in [2.45, 2.75) is 4.90 Å². The first kappa shape index (κ1) is 22.0. The van der Waals surface area contributed by atoms with Gasteiger partial charge in [0.15, 0.2) is 18.2 Å². The molecule has 1 amide bonds. The summed E-state index contributed by atoms with van der Waals surface area (Å²) in [6.45, 7) is 1.45. The number of para-hydroxylation sites is 1. The predicted octanol–water partition coefficient (Wildman–Crippen LogP) is 1.42. The number of nitrogens with zero attached hydrogens (tertiary/aromatic N) is 1. The Hall–Kier alpha value is -2.69. The molecule has 2 aromatic rings. The number of benzene rings is 2. The van der Waals surface area contributed by atoms with Crippen LogP contribution in [0, 0.1) is 5.82 Å². The van der Waals surface area contributed by atoms with Crippen molar-refractivity contribution in [2.24, 2.45) is 0 Å². The van der Waals surface area contributed by atoms with Gasteiger partial charge in [-0.15, -0.1) is 0 Å². The van der Waals surface area contributed by atoms with Crippen LogP contribution in [0.3, 0.4) is 0 Å². The topological polar surface area (TPSA) is 94.2 Å². The SMILES string of the molecule is O=C(COc1ccc(S(=O)(=O)N2CCOCC2)cc1)NCCOc1ccccc1F. The van der Waals surface area contributed by atoms with Crippen LogP contribution in [0.5, 0.6) is 11.5 Å². The zero-order chi connectivity index (χ0) is 21.4. The number of hydrogen-bond acceptors (Lipinski definition) is 6. The maximum absolute atomic E-state index is 13.4. The number of hydrogen-bond donors (Lipinski definition) is 1. The van der Waals surface area contributed by atoms with E-state index >= 15 is 0 Å². The molecule has 0 saturated carbocycles. The summed E-state index contributed by atoms with van der Waals surface area (Å²) < 4.78 is 55.7. The normalized spacial score (nSPS) is 14.8. The molecule has 0 radical (unpaired) electrons. The first-order valence-corrected chi connectivity index (χ1v) is 10.9. The average molecular weight is 438 g/mol. The van der Waals surface area contributed by atoms with E-state index in [9.17, 15) is 17.6 Å². The van der Waals surface area contributed by atoms with Crippen molar-refractivity contribution in [3.63, 3.8) is 0 Å². The molecule has 2 aromatic carbocycles. The van der Waals surface area contributed by atoms with Gasteiger partial charge in [0.1, 0.15) is 12.4 Å². The monoisotopic (exact) mass is 438 g/mol. The largest absolute Gasteiger partial charge is 0.489 e. The third kappa shape index (κ3) is 5.91. The van der Waals surface area contributed by atoms with Crippen LogP contribution >= 0.6 is 0 Å². The Morgan fingerprint density at radius 1 is 1.07 bits per heavy atom. The first-order chi connectivity index (χ1) is 14.5. The molecule has 0 bridgehead atoms. The van der Waals surface area contributed by atoms with Gasteiger partial charge in [0, 0.05) is 13.1 Å². The van der Waals surface area contributed by atoms with E-state index in [2.05, 4.69) is 5.32 Å². The summed E-state index contributed by atoms with van der Waals surface area (Å²) >= 11 is 0. The zero-order valence-electron chi connectivity index (χ0n) is 16.3. The minimum absolute atomic E-state index is 0.112. The quantitative estimate of drug-likeness (QED) is 0.595. The van der Waals surface area contributed by atoms with Crippen LogP contribution in [-0.4, -0.2) is 64.7 Å². The number of ether oxygens (including phenoxy) is 3. The van der Waals surface area contributed by atoms with Crippen LogP contribution in [0.1, 0.15) is 0 Å². The summed E-state index contributed by atoms with van der Waals surface area (Å²) in [4.78, 5) is 12.0. The second kappa shape index (κ2) is 10.4. The van der Waals surface area contributed by atoms with Gasteiger partial charge in [0.25, 0.3) is 5.91 Å². The molecule has 162 valence electrons. The van der Waals surface area contributed by atoms with Crippen molar-refractivity contribution in [1.82, 2.24) is 9.62 Å². The molecule has 0 unspecified atom stereocenters. The highest BCUT2D eigenvalue weighted by Gasteiger charge is 2.26. The number of carbonyl (C=O) groups is 1. The van der Waals surface area contributed by atoms with Crippen molar-refractivity contribution in [3.05, 3.63) is 54.3 Å². The van der Waals surface area contributed by atoms with Gasteiger partial charge in [0.2, 0.25) is 10.0 Å². The molecule has 30 heavy (non-hydrogen) atoms. The van der Waals surface area contributed by atoms with Gasteiger partial charge in [-0.25, -0.2) is 12.8 Å². The summed E-state index contributed by atoms with van der Waals surface area (Å²) in [6, 6.07) is 11.9. The Balaban J connectivity index is 1.41. The molecule has 1 saturated heterocycles. The van der Waals surface area contributed by atoms with Gasteiger partial charge in [-0.2, -0.15) is 4.31 Å². The Labute approximate surface area is 174 Å². The van der Waals surface area contributed by atoms with E-state index in [1.807, 2.05) is 0 Å². The lowest BCUT2D eigenvalue weighted by Gasteiger charge is -2.26. The highest BCUT2D eigenvalue weighted by molar-refractivity contribution is 7.89. The van der Waals surface area contributed by atoms with Gasteiger partial charge in [-0.3, -0.25) is 4.79 Å². The Bertz CT molecular complexity index is 946. The Kier molecular flexibility index (Phi) is 7.61. The fourth-order valence-corrected chi connectivity index (χ4v) is 4.16. The van der Waals surface area contributed by atoms with Crippen molar-refractivity contribution in [2.75, 3.05) is 46.1 Å². The second-order valence-electron chi connectivity index (χ2n) is 6.41. The van der Waals surface area contributed by atoms with Crippen LogP contribution in [0.15, 0.2) is 53.4 Å². The van der Waals surface area contributed by atoms with Gasteiger partial charge in [-0.05, 0) is 36.4 Å². The van der Waals surface area contributed by atoms with Crippen LogP contribution < -0.4 is 14.8 Å². The van der Waals surface area contributed by atoms with Crippen molar-refractivity contribution in [3.8, 4) is 11.5 Å². The lowest BCUT2D eigenvalue weighted by Crippen LogP contribution is -2.40. The molecule has 0 aromatic heterocycles. The predicted molar refractivity (Wildman–Crippen MR) is 106 cm³/mol. The molecular weight excluding hydrogens is 415 g/mol. The van der Waals surface area contributed by atoms with Gasteiger partial charge >= 0.3 is 0 Å². The van der Waals surface area contributed by atoms with E-state index in [4.69, 9.17) is 14.2 Å². The zero-order valence-corrected chi connectivity index (χ0v) is 17.1. The minimum atomic E-state index is -3.57. The minimum Gasteiger partial charge on any atom is -0.489 e. The smallest absolute Gasteiger partial charge is 0.258 e. The molecule has 0 atom stereocenters. The van der Waals surface area contributed by atoms with Crippen LogP contribution in [0.25, 0.3) is 0 Å². The van der Waals surface area contributed by atoms with E-state index < -0.39 is 15.8 Å². The number of rotatable bonds is 9. The molecule has 1 heterocycles. The number of carbonyl (C=O) groups excluding carboxylic acids is 1. The van der Waals surface area contributed by atoms with E-state index in [0.29, 0.717) is 32.1 Å². The van der Waals surface area contributed by atoms with E-state index in [-0.39, 0.29) is 36.3 Å². The summed E-state index contributed by atoms with van der Waals surface area (Å²) in [7, 11) is -3.57. The molecule has 3 rings (SSSR count). The number of amides is 1. The number of nitrogens with one attached hydrogen (secondary N) is 1. The Morgan fingerprint density at radius 3 is 2.47 bits per heavy atom. The lowest BCUT2D eigenvalue weighted by atomic mass is 10.3. The summed E-state index contributed by atoms with van der Waals surface area (Å²) in [5.41, 5.74) is 0. The van der Waals surface area contributed by atoms with Gasteiger partial charge in [-0.1, -0.05) is 12.1 Å². The van der Waals surface area contributed by atoms with Crippen molar-refractivity contribution >= 4 is 15.9 Å². The first-order valence-electron chi connectivity index (χ1n) is 9.41. The van der Waals surface area contributed by atoms with E-state index in [1.165, 1.54) is 40.7 Å². The third-order valence-electron chi connectivity index (χ3n) is 4.32. The van der Waals surface area contributed by atoms with Crippen LogP contribution in [0.2, 0.25) is 0 Å². The van der Waals surface area contributed by atoms with Crippen molar-refractivity contribution in [1.29, 1.82) is 0 Å². The fraction of sp³-hybridized carbons (Fsp3) is 0.350. The third-order valence-corrected chi connectivity index (χ3v) is 6.23. The number of morpholine rings is 1. The fourth-order valence-electron chi connectivity index (χ4n) is 2.76. The number of sulfonamides is 1. The van der Waals surface area contributed by atoms with Gasteiger partial charge in [0.05, 0.1) is 24.7 Å². The molecule has 1 N–H and O–H groups in total. The summed E-state index contributed by atoms with van der Waals surface area (Å²) in [5, 5.41) is 2.60. The van der Waals surface area contributed by atoms with Crippen LogP contribution in [-0.2, 0) is 19.6 Å². The lowest BCUT2D eigenvalue weighted by molar-refractivity contribution is -0.123. The average Bonchev–Trinajstić information content (AvgIpc) is 2.77.